The van der Waals surface area contributed by atoms with Crippen molar-refractivity contribution < 1.29 is 23.1 Å². The van der Waals surface area contributed by atoms with Gasteiger partial charge in [0.05, 0.1) is 17.3 Å². The zero-order valence-corrected chi connectivity index (χ0v) is 11.5. The van der Waals surface area contributed by atoms with E-state index in [0.29, 0.717) is 0 Å². The second-order valence-corrected chi connectivity index (χ2v) is 5.19. The van der Waals surface area contributed by atoms with Gasteiger partial charge in [0.1, 0.15) is 0 Å². The van der Waals surface area contributed by atoms with Gasteiger partial charge in [-0.1, -0.05) is 42.1 Å². The lowest BCUT2D eigenvalue weighted by Crippen LogP contribution is -2.09. The largest absolute Gasteiger partial charge is 0.481 e. The number of benzene rings is 1. The molecule has 8 heteroatoms. The molecule has 0 aliphatic rings. The van der Waals surface area contributed by atoms with Crippen LogP contribution in [0.25, 0.3) is 0 Å². The molecule has 0 aliphatic heterocycles. The van der Waals surface area contributed by atoms with E-state index < -0.39 is 17.8 Å². The van der Waals surface area contributed by atoms with Crippen molar-refractivity contribution in [1.29, 1.82) is 0 Å². The molecule has 4 nitrogen and oxygen atoms in total. The molecule has 1 aromatic carbocycles. The fourth-order valence-corrected chi connectivity index (χ4v) is 2.38. The number of carboxylic acid groups (broad SMARTS) is 1. The normalized spacial score (nSPS) is 11.6. The summed E-state index contributed by atoms with van der Waals surface area (Å²) in [6.07, 6.45) is -4.56. The molecule has 0 bridgehead atoms. The highest BCUT2D eigenvalue weighted by molar-refractivity contribution is 7.99. The first-order valence-corrected chi connectivity index (χ1v) is 6.88. The highest BCUT2D eigenvalue weighted by Gasteiger charge is 2.35. The molecule has 1 aromatic heterocycles. The third kappa shape index (κ3) is 4.25. The number of hydrogen-bond acceptors (Lipinski definition) is 3. The molecule has 0 fully saturated rings. The molecule has 21 heavy (non-hydrogen) atoms. The summed E-state index contributed by atoms with van der Waals surface area (Å²) in [5.41, 5.74) is -0.238. The molecule has 112 valence electrons. The summed E-state index contributed by atoms with van der Waals surface area (Å²) in [6, 6.07) is 9.74. The zero-order valence-electron chi connectivity index (χ0n) is 10.7. The van der Waals surface area contributed by atoms with Crippen LogP contribution in [0.4, 0.5) is 13.2 Å². The quantitative estimate of drug-likeness (QED) is 0.861. The molecule has 2 rings (SSSR count). The van der Waals surface area contributed by atoms with Crippen LogP contribution in [0.15, 0.2) is 41.4 Å². The summed E-state index contributed by atoms with van der Waals surface area (Å²) >= 11 is 0.812. The number of nitrogens with zero attached hydrogens (tertiary/aromatic N) is 2. The van der Waals surface area contributed by atoms with Gasteiger partial charge in [0.15, 0.2) is 5.69 Å². The summed E-state index contributed by atoms with van der Waals surface area (Å²) < 4.78 is 39.3. The first-order chi connectivity index (χ1) is 9.86. The molecule has 0 atom stereocenters. The molecule has 0 unspecified atom stereocenters. The van der Waals surface area contributed by atoms with Crippen molar-refractivity contribution in [3.05, 3.63) is 47.7 Å². The van der Waals surface area contributed by atoms with Crippen LogP contribution in [0.2, 0.25) is 0 Å². The average Bonchev–Trinajstić information content (AvgIpc) is 2.81. The van der Waals surface area contributed by atoms with E-state index in [-0.39, 0.29) is 17.3 Å². The van der Waals surface area contributed by atoms with Gasteiger partial charge in [-0.05, 0) is 5.56 Å². The van der Waals surface area contributed by atoms with Gasteiger partial charge in [0.2, 0.25) is 0 Å². The van der Waals surface area contributed by atoms with Crippen molar-refractivity contribution in [2.24, 2.45) is 0 Å². The first-order valence-electron chi connectivity index (χ1n) is 5.90. The Morgan fingerprint density at radius 2 is 1.95 bits per heavy atom. The van der Waals surface area contributed by atoms with Crippen LogP contribution < -0.4 is 0 Å². The van der Waals surface area contributed by atoms with E-state index in [4.69, 9.17) is 5.11 Å². The number of rotatable bonds is 5. The van der Waals surface area contributed by atoms with Crippen molar-refractivity contribution >= 4 is 17.7 Å². The van der Waals surface area contributed by atoms with Crippen LogP contribution in [-0.2, 0) is 17.5 Å². The lowest BCUT2D eigenvalue weighted by atomic mass is 10.2. The summed E-state index contributed by atoms with van der Waals surface area (Å²) in [5.74, 6) is -1.42. The highest BCUT2D eigenvalue weighted by Crippen LogP contribution is 2.31. The minimum atomic E-state index is -4.56. The fraction of sp³-hybridized carbons (Fsp3) is 0.231. The van der Waals surface area contributed by atoms with Gasteiger partial charge in [-0.25, -0.2) is 0 Å². The molecular formula is C13H11F3N2O2S. The van der Waals surface area contributed by atoms with Crippen LogP contribution >= 0.6 is 11.8 Å². The maximum Gasteiger partial charge on any atom is 0.435 e. The molecule has 0 radical (unpaired) electrons. The van der Waals surface area contributed by atoms with Gasteiger partial charge in [-0.3, -0.25) is 9.48 Å². The SMILES string of the molecule is O=C(O)CSc1cc(C(F)(F)F)nn1Cc1ccccc1. The van der Waals surface area contributed by atoms with Crippen molar-refractivity contribution in [2.75, 3.05) is 5.75 Å². The van der Waals surface area contributed by atoms with Crippen molar-refractivity contribution in [3.8, 4) is 0 Å². The lowest BCUT2D eigenvalue weighted by molar-refractivity contribution is -0.141. The highest BCUT2D eigenvalue weighted by atomic mass is 32.2. The van der Waals surface area contributed by atoms with Gasteiger partial charge < -0.3 is 5.11 Å². The number of carbonyl (C=O) groups is 1. The van der Waals surface area contributed by atoms with E-state index >= 15 is 0 Å². The molecular weight excluding hydrogens is 305 g/mol. The third-order valence-corrected chi connectivity index (χ3v) is 3.57. The monoisotopic (exact) mass is 316 g/mol. The molecule has 1 N–H and O–H groups in total. The number of aromatic nitrogens is 2. The maximum absolute atomic E-state index is 12.7. The Bertz CT molecular complexity index is 626. The van der Waals surface area contributed by atoms with Crippen LogP contribution in [-0.4, -0.2) is 26.6 Å². The second kappa shape index (κ2) is 6.21. The minimum absolute atomic E-state index is 0.152. The van der Waals surface area contributed by atoms with E-state index in [1.165, 1.54) is 4.68 Å². The van der Waals surface area contributed by atoms with E-state index in [1.807, 2.05) is 0 Å². The Kier molecular flexibility index (Phi) is 4.56. The Morgan fingerprint density at radius 1 is 1.29 bits per heavy atom. The summed E-state index contributed by atoms with van der Waals surface area (Å²) in [4.78, 5) is 10.6. The molecule has 0 aliphatic carbocycles. The second-order valence-electron chi connectivity index (χ2n) is 4.19. The topological polar surface area (TPSA) is 55.1 Å². The molecule has 0 spiro atoms. The smallest absolute Gasteiger partial charge is 0.435 e. The maximum atomic E-state index is 12.7. The summed E-state index contributed by atoms with van der Waals surface area (Å²) in [6.45, 7) is 0.152. The van der Waals surface area contributed by atoms with Crippen molar-refractivity contribution in [3.63, 3.8) is 0 Å². The van der Waals surface area contributed by atoms with Gasteiger partial charge in [0, 0.05) is 6.07 Å². The first kappa shape index (κ1) is 15.4. The zero-order chi connectivity index (χ0) is 15.5. The molecule has 0 saturated heterocycles. The van der Waals surface area contributed by atoms with E-state index in [9.17, 15) is 18.0 Å². The Morgan fingerprint density at radius 3 is 2.52 bits per heavy atom. The van der Waals surface area contributed by atoms with Gasteiger partial charge in [-0.2, -0.15) is 18.3 Å². The van der Waals surface area contributed by atoms with E-state index in [0.717, 1.165) is 23.4 Å². The Hall–Kier alpha value is -1.96. The molecule has 0 amide bonds. The average molecular weight is 316 g/mol. The molecule has 0 saturated carbocycles. The minimum Gasteiger partial charge on any atom is -0.481 e. The van der Waals surface area contributed by atoms with E-state index in [2.05, 4.69) is 5.10 Å². The molecule has 1 heterocycles. The Balaban J connectivity index is 2.28. The number of alkyl halides is 3. The van der Waals surface area contributed by atoms with Gasteiger partial charge in [0.25, 0.3) is 0 Å². The molecule has 2 aromatic rings. The van der Waals surface area contributed by atoms with Gasteiger partial charge in [-0.15, -0.1) is 0 Å². The lowest BCUT2D eigenvalue weighted by Gasteiger charge is -2.06. The van der Waals surface area contributed by atoms with Crippen molar-refractivity contribution in [1.82, 2.24) is 9.78 Å². The van der Waals surface area contributed by atoms with Crippen LogP contribution in [0.1, 0.15) is 11.3 Å². The number of halogens is 3. The number of carboxylic acids is 1. The third-order valence-electron chi connectivity index (χ3n) is 2.55. The fourth-order valence-electron chi connectivity index (χ4n) is 1.66. The summed E-state index contributed by atoms with van der Waals surface area (Å²) in [7, 11) is 0. The van der Waals surface area contributed by atoms with Crippen molar-refractivity contribution in [2.45, 2.75) is 17.7 Å². The predicted molar refractivity (Wildman–Crippen MR) is 71.1 cm³/mol. The number of hydrogen-bond donors (Lipinski definition) is 1. The summed E-state index contributed by atoms with van der Waals surface area (Å²) in [5, 5.41) is 12.4. The van der Waals surface area contributed by atoms with Gasteiger partial charge >= 0.3 is 12.1 Å². The van der Waals surface area contributed by atoms with Crippen LogP contribution in [0.3, 0.4) is 0 Å². The van der Waals surface area contributed by atoms with Crippen LogP contribution in [0.5, 0.6) is 0 Å². The number of aliphatic carboxylic acids is 1. The Labute approximate surface area is 122 Å². The van der Waals surface area contributed by atoms with Crippen LogP contribution in [0, 0.1) is 0 Å². The predicted octanol–water partition coefficient (Wildman–Crippen LogP) is 3.13. The number of thioether (sulfide) groups is 1. The standard InChI is InChI=1S/C13H11F3N2O2S/c14-13(15,16)10-6-11(21-8-12(19)20)18(17-10)7-9-4-2-1-3-5-9/h1-6H,7-8H2,(H,19,20). The van der Waals surface area contributed by atoms with E-state index in [1.54, 1.807) is 30.3 Å².